The van der Waals surface area contributed by atoms with E-state index in [-0.39, 0.29) is 23.3 Å². The lowest BCUT2D eigenvalue weighted by molar-refractivity contribution is -0.132. The Bertz CT molecular complexity index is 938. The van der Waals surface area contributed by atoms with Crippen LogP contribution >= 0.6 is 0 Å². The SMILES string of the molecule is CCC(=O)NCc1cccc(C(=O)NC2=CCC3C=C(C(=O)O)C=CC3=C2)c1. The zero-order valence-corrected chi connectivity index (χ0v) is 15.6. The van der Waals surface area contributed by atoms with E-state index in [1.165, 1.54) is 0 Å². The smallest absolute Gasteiger partial charge is 0.335 e. The van der Waals surface area contributed by atoms with Crippen molar-refractivity contribution in [3.8, 4) is 0 Å². The number of hydrogen-bond acceptors (Lipinski definition) is 3. The summed E-state index contributed by atoms with van der Waals surface area (Å²) in [5, 5.41) is 14.8. The first-order valence-corrected chi connectivity index (χ1v) is 9.18. The van der Waals surface area contributed by atoms with Crippen LogP contribution in [0.25, 0.3) is 0 Å². The average Bonchev–Trinajstić information content (AvgIpc) is 2.71. The molecule has 1 unspecified atom stereocenters. The quantitative estimate of drug-likeness (QED) is 0.709. The predicted molar refractivity (Wildman–Crippen MR) is 105 cm³/mol. The highest BCUT2D eigenvalue weighted by atomic mass is 16.4. The van der Waals surface area contributed by atoms with E-state index in [2.05, 4.69) is 10.6 Å². The average molecular weight is 378 g/mol. The van der Waals surface area contributed by atoms with Crippen LogP contribution in [0.1, 0.15) is 35.7 Å². The van der Waals surface area contributed by atoms with Crippen molar-refractivity contribution in [1.82, 2.24) is 10.6 Å². The summed E-state index contributed by atoms with van der Waals surface area (Å²) >= 11 is 0. The number of amides is 2. The Morgan fingerprint density at radius 3 is 2.79 bits per heavy atom. The van der Waals surface area contributed by atoms with Crippen LogP contribution in [0.3, 0.4) is 0 Å². The minimum atomic E-state index is -0.937. The standard InChI is InChI=1S/C22H22N2O4/c1-2-20(25)23-13-14-4-3-5-17(10-14)21(26)24-19-9-8-15-11-18(22(27)28)7-6-16(15)12-19/h3-7,9-12,15H,2,8,13H2,1H3,(H,23,25)(H,24,26)(H,27,28). The van der Waals surface area contributed by atoms with E-state index in [0.29, 0.717) is 30.6 Å². The summed E-state index contributed by atoms with van der Waals surface area (Å²) in [5.41, 5.74) is 3.32. The largest absolute Gasteiger partial charge is 0.478 e. The summed E-state index contributed by atoms with van der Waals surface area (Å²) in [7, 11) is 0. The first kappa shape index (κ1) is 19.4. The minimum Gasteiger partial charge on any atom is -0.478 e. The zero-order valence-electron chi connectivity index (χ0n) is 15.6. The highest BCUT2D eigenvalue weighted by Crippen LogP contribution is 2.30. The molecule has 0 radical (unpaired) electrons. The van der Waals surface area contributed by atoms with Crippen LogP contribution in [0.5, 0.6) is 0 Å². The molecule has 3 N–H and O–H groups in total. The number of hydrogen-bond donors (Lipinski definition) is 3. The highest BCUT2D eigenvalue weighted by molar-refractivity contribution is 5.96. The number of carboxylic acids is 1. The first-order valence-electron chi connectivity index (χ1n) is 9.18. The Labute approximate surface area is 163 Å². The Balaban J connectivity index is 1.65. The van der Waals surface area contributed by atoms with Crippen molar-refractivity contribution in [1.29, 1.82) is 0 Å². The molecular formula is C22H22N2O4. The van der Waals surface area contributed by atoms with Crippen LogP contribution in [0.2, 0.25) is 0 Å². The minimum absolute atomic E-state index is 0.0160. The third kappa shape index (κ3) is 4.65. The summed E-state index contributed by atoms with van der Waals surface area (Å²) in [4.78, 5) is 35.1. The van der Waals surface area contributed by atoms with E-state index >= 15 is 0 Å². The number of carbonyl (C=O) groups is 3. The molecule has 144 valence electrons. The number of carbonyl (C=O) groups excluding carboxylic acids is 2. The van der Waals surface area contributed by atoms with Crippen LogP contribution in [0.4, 0.5) is 0 Å². The summed E-state index contributed by atoms with van der Waals surface area (Å²) in [6.45, 7) is 2.17. The monoisotopic (exact) mass is 378 g/mol. The van der Waals surface area contributed by atoms with E-state index < -0.39 is 5.97 Å². The fourth-order valence-electron chi connectivity index (χ4n) is 3.11. The van der Waals surface area contributed by atoms with Gasteiger partial charge in [-0.1, -0.05) is 37.3 Å². The molecule has 28 heavy (non-hydrogen) atoms. The van der Waals surface area contributed by atoms with Gasteiger partial charge in [-0.05, 0) is 41.8 Å². The highest BCUT2D eigenvalue weighted by Gasteiger charge is 2.21. The van der Waals surface area contributed by atoms with Gasteiger partial charge in [-0.15, -0.1) is 0 Å². The molecular weight excluding hydrogens is 356 g/mol. The summed E-state index contributed by atoms with van der Waals surface area (Å²) in [5.74, 6) is -1.19. The molecule has 3 rings (SSSR count). The van der Waals surface area contributed by atoms with Crippen LogP contribution in [-0.4, -0.2) is 22.9 Å². The van der Waals surface area contributed by atoms with Gasteiger partial charge in [0.15, 0.2) is 0 Å². The van der Waals surface area contributed by atoms with Crippen molar-refractivity contribution in [3.05, 3.63) is 82.6 Å². The third-order valence-electron chi connectivity index (χ3n) is 4.68. The van der Waals surface area contributed by atoms with Crippen molar-refractivity contribution >= 4 is 17.8 Å². The Morgan fingerprint density at radius 2 is 2.04 bits per heavy atom. The first-order chi connectivity index (χ1) is 13.5. The number of carboxylic acid groups (broad SMARTS) is 1. The van der Waals surface area contributed by atoms with Crippen LogP contribution in [-0.2, 0) is 16.1 Å². The number of aliphatic carboxylic acids is 1. The molecule has 2 aliphatic rings. The van der Waals surface area contributed by atoms with Gasteiger partial charge in [-0.25, -0.2) is 4.79 Å². The van der Waals surface area contributed by atoms with Gasteiger partial charge in [0.05, 0.1) is 5.57 Å². The number of allylic oxidation sites excluding steroid dienone is 5. The predicted octanol–water partition coefficient (Wildman–Crippen LogP) is 2.85. The van der Waals surface area contributed by atoms with Gasteiger partial charge in [0.25, 0.3) is 5.91 Å². The molecule has 1 aromatic carbocycles. The number of fused-ring (bicyclic) bond motifs is 1. The van der Waals surface area contributed by atoms with Gasteiger partial charge >= 0.3 is 5.97 Å². The lowest BCUT2D eigenvalue weighted by Gasteiger charge is -2.22. The number of rotatable bonds is 6. The topological polar surface area (TPSA) is 95.5 Å². The molecule has 1 aromatic rings. The molecule has 2 amide bonds. The Kier molecular flexibility index (Phi) is 5.89. The molecule has 0 saturated heterocycles. The summed E-state index contributed by atoms with van der Waals surface area (Å²) in [6, 6.07) is 7.13. The van der Waals surface area contributed by atoms with E-state index in [9.17, 15) is 14.4 Å². The molecule has 6 nitrogen and oxygen atoms in total. The molecule has 0 aliphatic heterocycles. The second-order valence-electron chi connectivity index (χ2n) is 6.69. The van der Waals surface area contributed by atoms with Gasteiger partial charge < -0.3 is 15.7 Å². The van der Waals surface area contributed by atoms with Gasteiger partial charge in [0.1, 0.15) is 0 Å². The fraction of sp³-hybridized carbons (Fsp3) is 0.227. The van der Waals surface area contributed by atoms with Crippen molar-refractivity contribution in [2.75, 3.05) is 0 Å². The van der Waals surface area contributed by atoms with E-state index in [4.69, 9.17) is 5.11 Å². The zero-order chi connectivity index (χ0) is 20.1. The molecule has 0 saturated carbocycles. The molecule has 0 aromatic heterocycles. The molecule has 0 fully saturated rings. The van der Waals surface area contributed by atoms with E-state index in [1.807, 2.05) is 18.2 Å². The van der Waals surface area contributed by atoms with Crippen molar-refractivity contribution in [2.45, 2.75) is 26.3 Å². The molecule has 0 spiro atoms. The normalized spacial score (nSPS) is 17.6. The number of nitrogens with one attached hydrogen (secondary N) is 2. The molecule has 1 atom stereocenters. The molecule has 6 heteroatoms. The van der Waals surface area contributed by atoms with Crippen LogP contribution in [0.15, 0.2) is 71.5 Å². The van der Waals surface area contributed by atoms with Crippen LogP contribution in [0, 0.1) is 5.92 Å². The summed E-state index contributed by atoms with van der Waals surface area (Å²) in [6.07, 6.45) is 9.90. The number of benzene rings is 1. The van der Waals surface area contributed by atoms with Crippen molar-refractivity contribution < 1.29 is 19.5 Å². The Hall–Kier alpha value is -3.41. The van der Waals surface area contributed by atoms with Crippen LogP contribution < -0.4 is 10.6 Å². The van der Waals surface area contributed by atoms with Crippen molar-refractivity contribution in [3.63, 3.8) is 0 Å². The third-order valence-corrected chi connectivity index (χ3v) is 4.68. The second kappa shape index (κ2) is 8.52. The van der Waals surface area contributed by atoms with Gasteiger partial charge in [0.2, 0.25) is 5.91 Å². The lowest BCUT2D eigenvalue weighted by Crippen LogP contribution is -2.25. The molecule has 0 bridgehead atoms. The maximum atomic E-state index is 12.6. The van der Waals surface area contributed by atoms with Gasteiger partial charge in [-0.3, -0.25) is 9.59 Å². The van der Waals surface area contributed by atoms with E-state index in [0.717, 1.165) is 11.1 Å². The maximum Gasteiger partial charge on any atom is 0.335 e. The van der Waals surface area contributed by atoms with Gasteiger partial charge in [0, 0.05) is 30.1 Å². The second-order valence-corrected chi connectivity index (χ2v) is 6.69. The summed E-state index contributed by atoms with van der Waals surface area (Å²) < 4.78 is 0. The lowest BCUT2D eigenvalue weighted by atomic mass is 9.85. The van der Waals surface area contributed by atoms with Crippen molar-refractivity contribution in [2.24, 2.45) is 5.92 Å². The fourth-order valence-corrected chi connectivity index (χ4v) is 3.11. The van der Waals surface area contributed by atoms with E-state index in [1.54, 1.807) is 43.4 Å². The molecule has 0 heterocycles. The molecule has 2 aliphatic carbocycles. The van der Waals surface area contributed by atoms with Gasteiger partial charge in [-0.2, -0.15) is 0 Å². The maximum absolute atomic E-state index is 12.6. The Morgan fingerprint density at radius 1 is 1.21 bits per heavy atom.